The molecule has 1 aromatic heterocycles. The predicted octanol–water partition coefficient (Wildman–Crippen LogP) is 2.82. The number of thioether (sulfide) groups is 1. The molecule has 2 unspecified atom stereocenters. The number of halogens is 1. The molecule has 6 heteroatoms. The SMILES string of the molecule is CC1CNCC1c1nc(CSc2ccccc2F)no1. The highest BCUT2D eigenvalue weighted by Crippen LogP contribution is 2.28. The Hall–Kier alpha value is -1.40. The fourth-order valence-corrected chi connectivity index (χ4v) is 3.10. The Morgan fingerprint density at radius 2 is 2.25 bits per heavy atom. The van der Waals surface area contributed by atoms with Crippen LogP contribution in [-0.2, 0) is 5.75 Å². The maximum atomic E-state index is 13.5. The summed E-state index contributed by atoms with van der Waals surface area (Å²) >= 11 is 1.38. The van der Waals surface area contributed by atoms with Crippen molar-refractivity contribution in [3.8, 4) is 0 Å². The third-order valence-corrected chi connectivity index (χ3v) is 4.56. The largest absolute Gasteiger partial charge is 0.339 e. The van der Waals surface area contributed by atoms with E-state index in [0.717, 1.165) is 13.1 Å². The van der Waals surface area contributed by atoms with Crippen LogP contribution in [0.15, 0.2) is 33.7 Å². The number of hydrogen-bond acceptors (Lipinski definition) is 5. The Balaban J connectivity index is 1.64. The van der Waals surface area contributed by atoms with Gasteiger partial charge in [0.2, 0.25) is 5.89 Å². The first-order valence-electron chi connectivity index (χ1n) is 6.64. The van der Waals surface area contributed by atoms with E-state index in [1.165, 1.54) is 17.8 Å². The highest BCUT2D eigenvalue weighted by atomic mass is 32.2. The molecule has 1 aliphatic heterocycles. The number of nitrogens with one attached hydrogen (secondary N) is 1. The molecule has 0 bridgehead atoms. The summed E-state index contributed by atoms with van der Waals surface area (Å²) in [5.74, 6) is 2.39. The van der Waals surface area contributed by atoms with Crippen LogP contribution in [0.3, 0.4) is 0 Å². The lowest BCUT2D eigenvalue weighted by atomic mass is 9.98. The molecule has 3 rings (SSSR count). The summed E-state index contributed by atoms with van der Waals surface area (Å²) in [6.45, 7) is 4.03. The van der Waals surface area contributed by atoms with Gasteiger partial charge in [0.15, 0.2) is 5.82 Å². The molecular weight excluding hydrogens is 277 g/mol. The van der Waals surface area contributed by atoms with Gasteiger partial charge in [-0.15, -0.1) is 11.8 Å². The molecule has 1 aliphatic rings. The zero-order chi connectivity index (χ0) is 13.9. The molecule has 0 spiro atoms. The number of benzene rings is 1. The minimum absolute atomic E-state index is 0.213. The van der Waals surface area contributed by atoms with Crippen LogP contribution in [0.2, 0.25) is 0 Å². The summed E-state index contributed by atoms with van der Waals surface area (Å²) in [5.41, 5.74) is 0. The van der Waals surface area contributed by atoms with E-state index in [4.69, 9.17) is 4.52 Å². The van der Waals surface area contributed by atoms with Crippen molar-refractivity contribution in [1.82, 2.24) is 15.5 Å². The molecule has 0 amide bonds. The second kappa shape index (κ2) is 5.93. The lowest BCUT2D eigenvalue weighted by molar-refractivity contribution is 0.337. The number of hydrogen-bond donors (Lipinski definition) is 1. The third-order valence-electron chi connectivity index (χ3n) is 3.51. The minimum atomic E-state index is -0.213. The molecule has 20 heavy (non-hydrogen) atoms. The van der Waals surface area contributed by atoms with Crippen molar-refractivity contribution in [2.24, 2.45) is 5.92 Å². The molecule has 1 saturated heterocycles. The quantitative estimate of drug-likeness (QED) is 0.879. The van der Waals surface area contributed by atoms with Gasteiger partial charge in [-0.25, -0.2) is 4.39 Å². The van der Waals surface area contributed by atoms with E-state index < -0.39 is 0 Å². The highest BCUT2D eigenvalue weighted by Gasteiger charge is 2.29. The molecule has 2 heterocycles. The Kier molecular flexibility index (Phi) is 4.03. The second-order valence-electron chi connectivity index (χ2n) is 5.01. The standard InChI is InChI=1S/C14H16FN3OS/c1-9-6-16-7-10(9)14-17-13(18-19-14)8-20-12-5-3-2-4-11(12)15/h2-5,9-10,16H,6-8H2,1H3. The summed E-state index contributed by atoms with van der Waals surface area (Å²) in [6, 6.07) is 6.71. The van der Waals surface area contributed by atoms with Crippen molar-refractivity contribution < 1.29 is 8.91 Å². The molecule has 0 aliphatic carbocycles. The number of aromatic nitrogens is 2. The first kappa shape index (κ1) is 13.6. The summed E-state index contributed by atoms with van der Waals surface area (Å²) in [5, 5.41) is 7.30. The first-order chi connectivity index (χ1) is 9.74. The Labute approximate surface area is 121 Å². The molecule has 0 radical (unpaired) electrons. The van der Waals surface area contributed by atoms with Crippen LogP contribution in [0.4, 0.5) is 4.39 Å². The lowest BCUT2D eigenvalue weighted by Gasteiger charge is -2.07. The topological polar surface area (TPSA) is 51.0 Å². The van der Waals surface area contributed by atoms with Crippen LogP contribution in [0.25, 0.3) is 0 Å². The highest BCUT2D eigenvalue weighted by molar-refractivity contribution is 7.98. The van der Waals surface area contributed by atoms with Crippen LogP contribution >= 0.6 is 11.8 Å². The zero-order valence-corrected chi connectivity index (χ0v) is 12.0. The van der Waals surface area contributed by atoms with Gasteiger partial charge in [-0.1, -0.05) is 24.2 Å². The summed E-state index contributed by atoms with van der Waals surface area (Å²) in [7, 11) is 0. The minimum Gasteiger partial charge on any atom is -0.339 e. The Bertz CT molecular complexity index is 589. The average Bonchev–Trinajstić information content (AvgIpc) is 3.06. The third kappa shape index (κ3) is 2.86. The van der Waals surface area contributed by atoms with Crippen molar-refractivity contribution in [2.45, 2.75) is 23.5 Å². The molecule has 1 N–H and O–H groups in total. The molecule has 1 fully saturated rings. The van der Waals surface area contributed by atoms with Gasteiger partial charge < -0.3 is 9.84 Å². The molecule has 1 aromatic carbocycles. The summed E-state index contributed by atoms with van der Waals surface area (Å²) in [4.78, 5) is 5.03. The molecule has 106 valence electrons. The van der Waals surface area contributed by atoms with Gasteiger partial charge in [-0.3, -0.25) is 0 Å². The van der Waals surface area contributed by atoms with Gasteiger partial charge in [-0.2, -0.15) is 4.98 Å². The first-order valence-corrected chi connectivity index (χ1v) is 7.63. The molecule has 2 aromatic rings. The maximum absolute atomic E-state index is 13.5. The van der Waals surface area contributed by atoms with Crippen LogP contribution in [0, 0.1) is 11.7 Å². The van der Waals surface area contributed by atoms with E-state index in [2.05, 4.69) is 22.4 Å². The lowest BCUT2D eigenvalue weighted by Crippen LogP contribution is -2.08. The van der Waals surface area contributed by atoms with Gasteiger partial charge in [0, 0.05) is 11.4 Å². The van der Waals surface area contributed by atoms with Crippen molar-refractivity contribution in [2.75, 3.05) is 13.1 Å². The Morgan fingerprint density at radius 1 is 1.40 bits per heavy atom. The van der Waals surface area contributed by atoms with Crippen molar-refractivity contribution >= 4 is 11.8 Å². The van der Waals surface area contributed by atoms with Crippen molar-refractivity contribution in [3.63, 3.8) is 0 Å². The number of rotatable bonds is 4. The summed E-state index contributed by atoms with van der Waals surface area (Å²) < 4.78 is 18.8. The van der Waals surface area contributed by atoms with E-state index >= 15 is 0 Å². The van der Waals surface area contributed by atoms with Crippen LogP contribution in [0.1, 0.15) is 24.6 Å². The van der Waals surface area contributed by atoms with E-state index in [1.807, 2.05) is 6.07 Å². The van der Waals surface area contributed by atoms with Crippen molar-refractivity contribution in [1.29, 1.82) is 0 Å². The molecule has 2 atom stereocenters. The second-order valence-corrected chi connectivity index (χ2v) is 6.03. The number of nitrogens with zero attached hydrogens (tertiary/aromatic N) is 2. The van der Waals surface area contributed by atoms with E-state index in [0.29, 0.717) is 28.3 Å². The van der Waals surface area contributed by atoms with Crippen LogP contribution < -0.4 is 5.32 Å². The predicted molar refractivity (Wildman–Crippen MR) is 75.0 cm³/mol. The zero-order valence-electron chi connectivity index (χ0n) is 11.2. The van der Waals surface area contributed by atoms with Gasteiger partial charge in [0.05, 0.1) is 11.7 Å². The van der Waals surface area contributed by atoms with Gasteiger partial charge in [0.25, 0.3) is 0 Å². The van der Waals surface area contributed by atoms with Crippen molar-refractivity contribution in [3.05, 3.63) is 41.8 Å². The van der Waals surface area contributed by atoms with E-state index in [9.17, 15) is 4.39 Å². The average molecular weight is 293 g/mol. The van der Waals surface area contributed by atoms with E-state index in [1.54, 1.807) is 12.1 Å². The van der Waals surface area contributed by atoms with Crippen LogP contribution in [-0.4, -0.2) is 23.2 Å². The summed E-state index contributed by atoms with van der Waals surface area (Å²) in [6.07, 6.45) is 0. The van der Waals surface area contributed by atoms with Crippen LogP contribution in [0.5, 0.6) is 0 Å². The smallest absolute Gasteiger partial charge is 0.231 e. The molecule has 4 nitrogen and oxygen atoms in total. The van der Waals surface area contributed by atoms with E-state index in [-0.39, 0.29) is 11.7 Å². The fraction of sp³-hybridized carbons (Fsp3) is 0.429. The monoisotopic (exact) mass is 293 g/mol. The molecule has 0 saturated carbocycles. The molecular formula is C14H16FN3OS. The van der Waals surface area contributed by atoms with Gasteiger partial charge in [-0.05, 0) is 24.6 Å². The van der Waals surface area contributed by atoms with Gasteiger partial charge in [0.1, 0.15) is 5.82 Å². The van der Waals surface area contributed by atoms with Gasteiger partial charge >= 0.3 is 0 Å². The Morgan fingerprint density at radius 3 is 3.00 bits per heavy atom. The fourth-order valence-electron chi connectivity index (χ4n) is 2.32. The normalized spacial score (nSPS) is 22.3. The maximum Gasteiger partial charge on any atom is 0.231 e.